The van der Waals surface area contributed by atoms with E-state index in [-0.39, 0.29) is 0 Å². The van der Waals surface area contributed by atoms with Crippen molar-refractivity contribution in [2.24, 2.45) is 5.73 Å². The topological polar surface area (TPSA) is 55.0 Å². The van der Waals surface area contributed by atoms with E-state index in [1.165, 1.54) is 16.0 Å². The Bertz CT molecular complexity index is 635. The van der Waals surface area contributed by atoms with Crippen LogP contribution in [0.1, 0.15) is 40.2 Å². The summed E-state index contributed by atoms with van der Waals surface area (Å²) in [5.74, 6) is 0.958. The molecule has 1 aliphatic rings. The van der Waals surface area contributed by atoms with Gasteiger partial charge in [0, 0.05) is 23.5 Å². The summed E-state index contributed by atoms with van der Waals surface area (Å²) in [7, 11) is 0. The van der Waals surface area contributed by atoms with Gasteiger partial charge in [0.25, 0.3) is 0 Å². The lowest BCUT2D eigenvalue weighted by atomic mass is 10.00. The molecule has 20 heavy (non-hydrogen) atoms. The van der Waals surface area contributed by atoms with Crippen LogP contribution in [-0.4, -0.2) is 16.7 Å². The third-order valence-electron chi connectivity index (χ3n) is 4.31. The number of aryl methyl sites for hydroxylation is 1. The number of hydrogen-bond acceptors (Lipinski definition) is 5. The van der Waals surface area contributed by atoms with Crippen molar-refractivity contribution in [3.63, 3.8) is 0 Å². The molecule has 2 aromatic rings. The quantitative estimate of drug-likeness (QED) is 0.923. The Hall–Kier alpha value is -1.46. The summed E-state index contributed by atoms with van der Waals surface area (Å²) in [5, 5.41) is 10.9. The highest BCUT2D eigenvalue weighted by Crippen LogP contribution is 2.36. The van der Waals surface area contributed by atoms with Crippen molar-refractivity contribution in [2.45, 2.75) is 39.8 Å². The maximum absolute atomic E-state index is 5.95. The molecule has 106 valence electrons. The van der Waals surface area contributed by atoms with Crippen LogP contribution in [0.25, 0.3) is 0 Å². The highest BCUT2D eigenvalue weighted by Gasteiger charge is 2.28. The first-order valence-electron chi connectivity index (χ1n) is 6.99. The van der Waals surface area contributed by atoms with Crippen LogP contribution in [0.3, 0.4) is 0 Å². The molecule has 0 aromatic carbocycles. The number of hydrogen-bond donors (Lipinski definition) is 1. The molecule has 2 N–H and O–H groups in total. The Balaban J connectivity index is 2.05. The van der Waals surface area contributed by atoms with Gasteiger partial charge in [0.05, 0.1) is 11.7 Å². The second-order valence-corrected chi connectivity index (χ2v) is 6.34. The van der Waals surface area contributed by atoms with Crippen molar-refractivity contribution in [3.05, 3.63) is 38.7 Å². The van der Waals surface area contributed by atoms with E-state index >= 15 is 0 Å². The molecular formula is C15H20N4S. The van der Waals surface area contributed by atoms with Crippen molar-refractivity contribution in [1.29, 1.82) is 0 Å². The fraction of sp³-hybridized carbons (Fsp3) is 0.467. The third-order valence-corrected chi connectivity index (χ3v) is 5.31. The minimum absolute atomic E-state index is 0.340. The number of aromatic nitrogens is 2. The first-order valence-corrected chi connectivity index (χ1v) is 7.87. The van der Waals surface area contributed by atoms with Gasteiger partial charge in [-0.2, -0.15) is 5.10 Å². The molecule has 1 atom stereocenters. The zero-order valence-electron chi connectivity index (χ0n) is 12.2. The number of fused-ring (bicyclic) bond motifs is 1. The molecule has 0 saturated carbocycles. The molecule has 0 saturated heterocycles. The molecule has 2 aromatic heterocycles. The number of anilines is 1. The van der Waals surface area contributed by atoms with Crippen LogP contribution in [0.5, 0.6) is 0 Å². The van der Waals surface area contributed by atoms with Gasteiger partial charge in [0.2, 0.25) is 0 Å². The second-order valence-electron chi connectivity index (χ2n) is 5.34. The first kappa shape index (κ1) is 13.5. The zero-order valence-corrected chi connectivity index (χ0v) is 13.0. The van der Waals surface area contributed by atoms with Gasteiger partial charge in [0.1, 0.15) is 0 Å². The molecule has 0 radical (unpaired) electrons. The SMILES string of the molecule is Cc1nnc(N2CCc3sccc3C2C)c(CN)c1C. The first-order chi connectivity index (χ1) is 9.63. The monoisotopic (exact) mass is 288 g/mol. The van der Waals surface area contributed by atoms with E-state index in [9.17, 15) is 0 Å². The maximum Gasteiger partial charge on any atom is 0.156 e. The standard InChI is InChI=1S/C15H20N4S/c1-9-10(2)17-18-15(13(9)8-16)19-6-4-14-12(11(19)3)5-7-20-14/h5,7,11H,4,6,8,16H2,1-3H3. The largest absolute Gasteiger partial charge is 0.348 e. The van der Waals surface area contributed by atoms with E-state index < -0.39 is 0 Å². The van der Waals surface area contributed by atoms with Crippen LogP contribution in [0.15, 0.2) is 11.4 Å². The van der Waals surface area contributed by atoms with Crippen molar-refractivity contribution in [2.75, 3.05) is 11.4 Å². The smallest absolute Gasteiger partial charge is 0.156 e. The average Bonchev–Trinajstić information content (AvgIpc) is 2.92. The molecular weight excluding hydrogens is 268 g/mol. The lowest BCUT2D eigenvalue weighted by Gasteiger charge is -2.35. The summed E-state index contributed by atoms with van der Waals surface area (Å²) in [5.41, 5.74) is 10.6. The Morgan fingerprint density at radius 3 is 2.95 bits per heavy atom. The third kappa shape index (κ3) is 2.01. The lowest BCUT2D eigenvalue weighted by molar-refractivity contribution is 0.614. The Labute approximate surface area is 123 Å². The average molecular weight is 288 g/mol. The van der Waals surface area contributed by atoms with E-state index in [1.54, 1.807) is 0 Å². The molecule has 3 heterocycles. The normalized spacial score (nSPS) is 18.2. The van der Waals surface area contributed by atoms with Gasteiger partial charge in [-0.05, 0) is 49.8 Å². The number of rotatable bonds is 2. The molecule has 4 nitrogen and oxygen atoms in total. The molecule has 0 spiro atoms. The fourth-order valence-corrected chi connectivity index (χ4v) is 3.88. The van der Waals surface area contributed by atoms with E-state index in [0.29, 0.717) is 12.6 Å². The minimum Gasteiger partial charge on any atom is -0.348 e. The zero-order chi connectivity index (χ0) is 14.3. The Morgan fingerprint density at radius 2 is 2.20 bits per heavy atom. The van der Waals surface area contributed by atoms with Gasteiger partial charge >= 0.3 is 0 Å². The Kier molecular flexibility index (Phi) is 3.48. The van der Waals surface area contributed by atoms with E-state index in [1.807, 2.05) is 18.3 Å². The van der Waals surface area contributed by atoms with Crippen molar-refractivity contribution in [3.8, 4) is 0 Å². The molecule has 0 aliphatic carbocycles. The van der Waals surface area contributed by atoms with Gasteiger partial charge in [0.15, 0.2) is 5.82 Å². The van der Waals surface area contributed by atoms with Crippen molar-refractivity contribution in [1.82, 2.24) is 10.2 Å². The van der Waals surface area contributed by atoms with Gasteiger partial charge in [-0.1, -0.05) is 0 Å². The number of nitrogens with zero attached hydrogens (tertiary/aromatic N) is 3. The predicted octanol–water partition coefficient (Wildman–Crippen LogP) is 2.74. The summed E-state index contributed by atoms with van der Waals surface area (Å²) in [6, 6.07) is 2.57. The molecule has 1 unspecified atom stereocenters. The van der Waals surface area contributed by atoms with Crippen LogP contribution in [0, 0.1) is 13.8 Å². The van der Waals surface area contributed by atoms with Crippen molar-refractivity contribution >= 4 is 17.2 Å². The summed E-state index contributed by atoms with van der Waals surface area (Å²) >= 11 is 1.85. The maximum atomic E-state index is 5.95. The minimum atomic E-state index is 0.340. The van der Waals surface area contributed by atoms with Crippen LogP contribution in [-0.2, 0) is 13.0 Å². The summed E-state index contributed by atoms with van der Waals surface area (Å²) in [6.45, 7) is 7.81. The molecule has 1 aliphatic heterocycles. The predicted molar refractivity (Wildman–Crippen MR) is 83.2 cm³/mol. The molecule has 0 bridgehead atoms. The summed E-state index contributed by atoms with van der Waals surface area (Å²) in [6.07, 6.45) is 1.08. The van der Waals surface area contributed by atoms with Gasteiger partial charge in [-0.15, -0.1) is 16.4 Å². The van der Waals surface area contributed by atoms with Crippen molar-refractivity contribution < 1.29 is 0 Å². The van der Waals surface area contributed by atoms with E-state index in [2.05, 4.69) is 40.4 Å². The van der Waals surface area contributed by atoms with E-state index in [0.717, 1.165) is 30.0 Å². The van der Waals surface area contributed by atoms with Crippen LogP contribution in [0.4, 0.5) is 5.82 Å². The fourth-order valence-electron chi connectivity index (χ4n) is 2.92. The highest BCUT2D eigenvalue weighted by atomic mass is 32.1. The molecule has 5 heteroatoms. The van der Waals surface area contributed by atoms with Crippen LogP contribution < -0.4 is 10.6 Å². The Morgan fingerprint density at radius 1 is 1.40 bits per heavy atom. The van der Waals surface area contributed by atoms with Gasteiger partial charge < -0.3 is 10.6 Å². The van der Waals surface area contributed by atoms with E-state index in [4.69, 9.17) is 5.73 Å². The number of thiophene rings is 1. The highest BCUT2D eigenvalue weighted by molar-refractivity contribution is 7.10. The van der Waals surface area contributed by atoms with Crippen LogP contribution >= 0.6 is 11.3 Å². The lowest BCUT2D eigenvalue weighted by Crippen LogP contribution is -2.35. The van der Waals surface area contributed by atoms with Gasteiger partial charge in [-0.3, -0.25) is 0 Å². The second kappa shape index (κ2) is 5.14. The molecule has 0 amide bonds. The van der Waals surface area contributed by atoms with Gasteiger partial charge in [-0.25, -0.2) is 0 Å². The molecule has 0 fully saturated rings. The van der Waals surface area contributed by atoms with Crippen LogP contribution in [0.2, 0.25) is 0 Å². The number of nitrogens with two attached hydrogens (primary N) is 1. The molecule has 3 rings (SSSR count). The summed E-state index contributed by atoms with van der Waals surface area (Å²) < 4.78 is 0. The summed E-state index contributed by atoms with van der Waals surface area (Å²) in [4.78, 5) is 3.84.